The smallest absolute Gasteiger partial charge is 0.00501 e. The van der Waals surface area contributed by atoms with Gasteiger partial charge in [0, 0.05) is 13.1 Å². The Morgan fingerprint density at radius 1 is 1.17 bits per heavy atom. The van der Waals surface area contributed by atoms with Gasteiger partial charge in [-0.1, -0.05) is 26.7 Å². The van der Waals surface area contributed by atoms with Crippen molar-refractivity contribution in [3.63, 3.8) is 0 Å². The molecule has 0 bridgehead atoms. The molecule has 0 aromatic carbocycles. The summed E-state index contributed by atoms with van der Waals surface area (Å²) >= 11 is 0. The Labute approximate surface area is 114 Å². The van der Waals surface area contributed by atoms with Crippen LogP contribution < -0.4 is 5.32 Å². The predicted molar refractivity (Wildman–Crippen MR) is 78.8 cm³/mol. The summed E-state index contributed by atoms with van der Waals surface area (Å²) in [5.41, 5.74) is 0.597. The zero-order valence-corrected chi connectivity index (χ0v) is 12.7. The topological polar surface area (TPSA) is 15.3 Å². The second-order valence-electron chi connectivity index (χ2n) is 7.10. The van der Waals surface area contributed by atoms with E-state index in [4.69, 9.17) is 0 Å². The van der Waals surface area contributed by atoms with Crippen molar-refractivity contribution in [2.75, 3.05) is 33.2 Å². The Morgan fingerprint density at radius 3 is 2.28 bits per heavy atom. The van der Waals surface area contributed by atoms with Gasteiger partial charge in [0.15, 0.2) is 0 Å². The molecule has 1 aliphatic carbocycles. The van der Waals surface area contributed by atoms with Gasteiger partial charge in [-0.2, -0.15) is 0 Å². The summed E-state index contributed by atoms with van der Waals surface area (Å²) < 4.78 is 0. The molecule has 1 aliphatic heterocycles. The third kappa shape index (κ3) is 3.48. The third-order valence-electron chi connectivity index (χ3n) is 5.35. The lowest BCUT2D eigenvalue weighted by molar-refractivity contribution is 0.0994. The van der Waals surface area contributed by atoms with Crippen LogP contribution in [0.5, 0.6) is 0 Å². The molecule has 0 radical (unpaired) electrons. The van der Waals surface area contributed by atoms with Crippen molar-refractivity contribution < 1.29 is 0 Å². The molecular weight excluding hydrogens is 220 g/mol. The number of nitrogens with zero attached hydrogens (tertiary/aromatic N) is 1. The van der Waals surface area contributed by atoms with Crippen molar-refractivity contribution in [3.05, 3.63) is 0 Å². The van der Waals surface area contributed by atoms with E-state index < -0.39 is 0 Å². The second-order valence-corrected chi connectivity index (χ2v) is 7.10. The third-order valence-corrected chi connectivity index (χ3v) is 5.35. The molecule has 18 heavy (non-hydrogen) atoms. The van der Waals surface area contributed by atoms with Gasteiger partial charge in [-0.25, -0.2) is 0 Å². The van der Waals surface area contributed by atoms with Crippen LogP contribution in [0.25, 0.3) is 0 Å². The monoisotopic (exact) mass is 252 g/mol. The van der Waals surface area contributed by atoms with Crippen LogP contribution in [0.2, 0.25) is 0 Å². The lowest BCUT2D eigenvalue weighted by atomic mass is 9.82. The number of rotatable bonds is 5. The maximum atomic E-state index is 3.44. The van der Waals surface area contributed by atoms with Gasteiger partial charge >= 0.3 is 0 Å². The highest BCUT2D eigenvalue weighted by atomic mass is 15.1. The SMILES string of the molecule is CNCC1(CN2CCC(C(C)C)CC2)CCCC1. The fourth-order valence-corrected chi connectivity index (χ4v) is 4.14. The molecule has 1 saturated carbocycles. The first-order chi connectivity index (χ1) is 8.65. The summed E-state index contributed by atoms with van der Waals surface area (Å²) in [5.74, 6) is 1.86. The number of nitrogens with one attached hydrogen (secondary N) is 1. The molecule has 2 fully saturated rings. The number of hydrogen-bond donors (Lipinski definition) is 1. The van der Waals surface area contributed by atoms with Crippen LogP contribution in [-0.2, 0) is 0 Å². The summed E-state index contributed by atoms with van der Waals surface area (Å²) in [4.78, 5) is 2.75. The molecule has 0 atom stereocenters. The summed E-state index contributed by atoms with van der Waals surface area (Å²) in [6.07, 6.45) is 8.63. The maximum Gasteiger partial charge on any atom is 0.00501 e. The minimum Gasteiger partial charge on any atom is -0.319 e. The summed E-state index contributed by atoms with van der Waals surface area (Å²) in [7, 11) is 2.12. The van der Waals surface area contributed by atoms with Gasteiger partial charge in [0.05, 0.1) is 0 Å². The van der Waals surface area contributed by atoms with Crippen LogP contribution in [0.4, 0.5) is 0 Å². The zero-order chi connectivity index (χ0) is 13.0. The lowest BCUT2D eigenvalue weighted by Crippen LogP contribution is -2.45. The molecule has 2 heteroatoms. The molecule has 106 valence electrons. The molecule has 2 aliphatic rings. The van der Waals surface area contributed by atoms with Crippen LogP contribution in [0, 0.1) is 17.3 Å². The van der Waals surface area contributed by atoms with Crippen LogP contribution in [-0.4, -0.2) is 38.1 Å². The molecule has 0 spiro atoms. The van der Waals surface area contributed by atoms with E-state index in [1.165, 1.54) is 64.7 Å². The van der Waals surface area contributed by atoms with E-state index in [0.717, 1.165) is 11.8 Å². The van der Waals surface area contributed by atoms with Crippen molar-refractivity contribution in [1.82, 2.24) is 10.2 Å². The molecular formula is C16H32N2. The van der Waals surface area contributed by atoms with Crippen molar-refractivity contribution >= 4 is 0 Å². The molecule has 0 unspecified atom stereocenters. The molecule has 0 aromatic rings. The van der Waals surface area contributed by atoms with Gasteiger partial charge in [0.2, 0.25) is 0 Å². The lowest BCUT2D eigenvalue weighted by Gasteiger charge is -2.40. The fourth-order valence-electron chi connectivity index (χ4n) is 4.14. The Hall–Kier alpha value is -0.0800. The highest BCUT2D eigenvalue weighted by molar-refractivity contribution is 4.90. The summed E-state index contributed by atoms with van der Waals surface area (Å²) in [6.45, 7) is 10.0. The van der Waals surface area contributed by atoms with Gasteiger partial charge in [0.1, 0.15) is 0 Å². The normalized spacial score (nSPS) is 26.0. The van der Waals surface area contributed by atoms with E-state index in [1.54, 1.807) is 0 Å². The molecule has 1 N–H and O–H groups in total. The van der Waals surface area contributed by atoms with E-state index in [1.807, 2.05) is 0 Å². The van der Waals surface area contributed by atoms with E-state index in [9.17, 15) is 0 Å². The molecule has 0 amide bonds. The van der Waals surface area contributed by atoms with Gasteiger partial charge in [-0.3, -0.25) is 0 Å². The average molecular weight is 252 g/mol. The molecule has 2 rings (SSSR count). The highest BCUT2D eigenvalue weighted by Gasteiger charge is 2.35. The standard InChI is InChI=1S/C16H32N2/c1-14(2)15-6-10-18(11-7-15)13-16(12-17-3)8-4-5-9-16/h14-15,17H,4-13H2,1-3H3. The van der Waals surface area contributed by atoms with Gasteiger partial charge < -0.3 is 10.2 Å². The number of likely N-dealkylation sites (tertiary alicyclic amines) is 1. The average Bonchev–Trinajstić information content (AvgIpc) is 2.79. The minimum absolute atomic E-state index is 0.597. The van der Waals surface area contributed by atoms with E-state index >= 15 is 0 Å². The first-order valence-electron chi connectivity index (χ1n) is 8.02. The van der Waals surface area contributed by atoms with Crippen molar-refractivity contribution in [3.8, 4) is 0 Å². The quantitative estimate of drug-likeness (QED) is 0.808. The van der Waals surface area contributed by atoms with Crippen LogP contribution in [0.1, 0.15) is 52.4 Å². The Balaban J connectivity index is 1.82. The molecule has 2 nitrogen and oxygen atoms in total. The predicted octanol–water partition coefficient (Wildman–Crippen LogP) is 3.13. The molecule has 1 saturated heterocycles. The van der Waals surface area contributed by atoms with Gasteiger partial charge in [-0.05, 0) is 63.1 Å². The Bertz CT molecular complexity index is 235. The Kier molecular flexibility index (Phi) is 5.08. The van der Waals surface area contributed by atoms with Gasteiger partial charge in [-0.15, -0.1) is 0 Å². The van der Waals surface area contributed by atoms with Crippen molar-refractivity contribution in [2.24, 2.45) is 17.3 Å². The second kappa shape index (κ2) is 6.38. The van der Waals surface area contributed by atoms with Crippen LogP contribution >= 0.6 is 0 Å². The van der Waals surface area contributed by atoms with Crippen LogP contribution in [0.15, 0.2) is 0 Å². The van der Waals surface area contributed by atoms with E-state index in [2.05, 4.69) is 31.1 Å². The number of piperidine rings is 1. The number of hydrogen-bond acceptors (Lipinski definition) is 2. The van der Waals surface area contributed by atoms with E-state index in [0.29, 0.717) is 5.41 Å². The minimum atomic E-state index is 0.597. The van der Waals surface area contributed by atoms with Crippen molar-refractivity contribution in [1.29, 1.82) is 0 Å². The first-order valence-corrected chi connectivity index (χ1v) is 8.02. The van der Waals surface area contributed by atoms with Gasteiger partial charge in [0.25, 0.3) is 0 Å². The zero-order valence-electron chi connectivity index (χ0n) is 12.7. The van der Waals surface area contributed by atoms with Crippen LogP contribution in [0.3, 0.4) is 0 Å². The Morgan fingerprint density at radius 2 is 1.78 bits per heavy atom. The summed E-state index contributed by atoms with van der Waals surface area (Å²) in [6, 6.07) is 0. The van der Waals surface area contributed by atoms with Crippen molar-refractivity contribution in [2.45, 2.75) is 52.4 Å². The molecule has 0 aromatic heterocycles. The first kappa shape index (κ1) is 14.3. The van der Waals surface area contributed by atoms with E-state index in [-0.39, 0.29) is 0 Å². The largest absolute Gasteiger partial charge is 0.319 e. The maximum absolute atomic E-state index is 3.44. The highest BCUT2D eigenvalue weighted by Crippen LogP contribution is 2.39. The fraction of sp³-hybridized carbons (Fsp3) is 1.00. The summed E-state index contributed by atoms with van der Waals surface area (Å²) in [5, 5.41) is 3.44. The molecule has 1 heterocycles.